The molecule has 0 spiro atoms. The molecule has 0 amide bonds. The van der Waals surface area contributed by atoms with Crippen molar-refractivity contribution < 1.29 is 0 Å². The van der Waals surface area contributed by atoms with Gasteiger partial charge in [-0.3, -0.25) is 4.99 Å². The first-order valence-corrected chi connectivity index (χ1v) is 3.45. The highest BCUT2D eigenvalue weighted by molar-refractivity contribution is 5.76. The third kappa shape index (κ3) is 2.37. The molecule has 0 fully saturated rings. The van der Waals surface area contributed by atoms with Crippen molar-refractivity contribution >= 4 is 6.21 Å². The highest BCUT2D eigenvalue weighted by atomic mass is 15.0. The minimum Gasteiger partial charge on any atom is -0.340 e. The third-order valence-electron chi connectivity index (χ3n) is 1.17. The zero-order valence-electron chi connectivity index (χ0n) is 6.73. The summed E-state index contributed by atoms with van der Waals surface area (Å²) >= 11 is 0. The molecule has 0 N–H and O–H groups in total. The SMILES string of the molecule is C/C=C\N=Cc1cn(C)cn1. The Morgan fingerprint density at radius 3 is 3.00 bits per heavy atom. The Morgan fingerprint density at radius 1 is 1.64 bits per heavy atom. The van der Waals surface area contributed by atoms with Crippen LogP contribution >= 0.6 is 0 Å². The van der Waals surface area contributed by atoms with E-state index in [0.29, 0.717) is 0 Å². The van der Waals surface area contributed by atoms with Crippen molar-refractivity contribution in [2.45, 2.75) is 6.92 Å². The van der Waals surface area contributed by atoms with Gasteiger partial charge in [-0.05, 0) is 6.92 Å². The van der Waals surface area contributed by atoms with Crippen LogP contribution < -0.4 is 0 Å². The Hall–Kier alpha value is -1.38. The first kappa shape index (κ1) is 7.72. The Kier molecular flexibility index (Phi) is 2.60. The van der Waals surface area contributed by atoms with Gasteiger partial charge >= 0.3 is 0 Å². The van der Waals surface area contributed by atoms with E-state index in [4.69, 9.17) is 0 Å². The lowest BCUT2D eigenvalue weighted by Gasteiger charge is -1.80. The van der Waals surface area contributed by atoms with E-state index < -0.39 is 0 Å². The van der Waals surface area contributed by atoms with Crippen LogP contribution in [0.3, 0.4) is 0 Å². The van der Waals surface area contributed by atoms with Gasteiger partial charge < -0.3 is 4.57 Å². The highest BCUT2D eigenvalue weighted by Crippen LogP contribution is 1.89. The average Bonchev–Trinajstić information content (AvgIpc) is 2.37. The van der Waals surface area contributed by atoms with Crippen LogP contribution in [0.1, 0.15) is 12.6 Å². The molecule has 0 aliphatic carbocycles. The van der Waals surface area contributed by atoms with Crippen molar-refractivity contribution in [1.82, 2.24) is 9.55 Å². The fraction of sp³-hybridized carbons (Fsp3) is 0.250. The molecule has 0 unspecified atom stereocenters. The van der Waals surface area contributed by atoms with E-state index in [-0.39, 0.29) is 0 Å². The molecule has 58 valence electrons. The van der Waals surface area contributed by atoms with Crippen LogP contribution in [0, 0.1) is 0 Å². The standard InChI is InChI=1S/C8H11N3/c1-3-4-9-5-8-6-11(2)7-10-8/h3-7H,1-2H3/b4-3-,9-5?. The van der Waals surface area contributed by atoms with Crippen LogP contribution in [0.25, 0.3) is 0 Å². The summed E-state index contributed by atoms with van der Waals surface area (Å²) in [4.78, 5) is 8.06. The van der Waals surface area contributed by atoms with Crippen LogP contribution in [0.2, 0.25) is 0 Å². The summed E-state index contributed by atoms with van der Waals surface area (Å²) in [6.07, 6.45) is 8.98. The van der Waals surface area contributed by atoms with Crippen LogP contribution in [0.15, 0.2) is 29.8 Å². The van der Waals surface area contributed by atoms with Crippen LogP contribution in [0.5, 0.6) is 0 Å². The Labute approximate surface area is 66.1 Å². The molecule has 1 rings (SSSR count). The molecule has 0 saturated carbocycles. The molecule has 1 heterocycles. The van der Waals surface area contributed by atoms with Gasteiger partial charge in [0.25, 0.3) is 0 Å². The zero-order chi connectivity index (χ0) is 8.10. The maximum Gasteiger partial charge on any atom is 0.0992 e. The monoisotopic (exact) mass is 149 g/mol. The lowest BCUT2D eigenvalue weighted by molar-refractivity contribution is 0.913. The number of aromatic nitrogens is 2. The summed E-state index contributed by atoms with van der Waals surface area (Å²) < 4.78 is 1.89. The predicted molar refractivity (Wildman–Crippen MR) is 45.6 cm³/mol. The molecule has 11 heavy (non-hydrogen) atoms. The van der Waals surface area contributed by atoms with Crippen molar-refractivity contribution in [2.75, 3.05) is 0 Å². The van der Waals surface area contributed by atoms with Gasteiger partial charge in [0.1, 0.15) is 0 Å². The van der Waals surface area contributed by atoms with Crippen molar-refractivity contribution in [3.63, 3.8) is 0 Å². The fourth-order valence-electron chi connectivity index (χ4n) is 0.705. The van der Waals surface area contributed by atoms with Crippen LogP contribution in [-0.4, -0.2) is 15.8 Å². The molecule has 3 nitrogen and oxygen atoms in total. The number of imidazole rings is 1. The smallest absolute Gasteiger partial charge is 0.0992 e. The van der Waals surface area contributed by atoms with Gasteiger partial charge in [-0.25, -0.2) is 4.98 Å². The van der Waals surface area contributed by atoms with Crippen LogP contribution in [0.4, 0.5) is 0 Å². The van der Waals surface area contributed by atoms with Gasteiger partial charge in [-0.1, -0.05) is 6.08 Å². The van der Waals surface area contributed by atoms with Gasteiger partial charge in [0, 0.05) is 19.4 Å². The van der Waals surface area contributed by atoms with E-state index in [2.05, 4.69) is 9.98 Å². The Morgan fingerprint density at radius 2 is 2.45 bits per heavy atom. The van der Waals surface area contributed by atoms with Gasteiger partial charge in [0.05, 0.1) is 18.2 Å². The van der Waals surface area contributed by atoms with Gasteiger partial charge in [0.15, 0.2) is 0 Å². The van der Waals surface area contributed by atoms with Crippen molar-refractivity contribution in [3.05, 3.63) is 30.5 Å². The molecule has 1 aromatic heterocycles. The molecule has 0 saturated heterocycles. The van der Waals surface area contributed by atoms with Crippen molar-refractivity contribution in [3.8, 4) is 0 Å². The van der Waals surface area contributed by atoms with E-state index in [1.54, 1.807) is 18.7 Å². The van der Waals surface area contributed by atoms with Gasteiger partial charge in [0.2, 0.25) is 0 Å². The molecule has 0 atom stereocenters. The second-order valence-corrected chi connectivity index (χ2v) is 2.22. The first-order chi connectivity index (χ1) is 5.33. The zero-order valence-corrected chi connectivity index (χ0v) is 6.73. The molecule has 0 aromatic carbocycles. The van der Waals surface area contributed by atoms with Gasteiger partial charge in [-0.15, -0.1) is 0 Å². The number of hydrogen-bond donors (Lipinski definition) is 0. The Bertz CT molecular complexity index is 271. The summed E-state index contributed by atoms with van der Waals surface area (Å²) in [5, 5.41) is 0. The van der Waals surface area contributed by atoms with Gasteiger partial charge in [-0.2, -0.15) is 0 Å². The van der Waals surface area contributed by atoms with E-state index in [0.717, 1.165) is 5.69 Å². The minimum absolute atomic E-state index is 0.880. The second kappa shape index (κ2) is 3.71. The van der Waals surface area contributed by atoms with E-state index in [9.17, 15) is 0 Å². The fourth-order valence-corrected chi connectivity index (χ4v) is 0.705. The predicted octanol–water partition coefficient (Wildman–Crippen LogP) is 1.37. The third-order valence-corrected chi connectivity index (χ3v) is 1.17. The van der Waals surface area contributed by atoms with Crippen molar-refractivity contribution in [2.24, 2.45) is 12.0 Å². The Balaban J connectivity index is 2.64. The lowest BCUT2D eigenvalue weighted by Crippen LogP contribution is -1.79. The number of aliphatic imine (C=N–C) groups is 1. The number of nitrogens with zero attached hydrogens (tertiary/aromatic N) is 3. The average molecular weight is 149 g/mol. The largest absolute Gasteiger partial charge is 0.340 e. The number of aryl methyl sites for hydroxylation is 1. The van der Waals surface area contributed by atoms with E-state index >= 15 is 0 Å². The second-order valence-electron chi connectivity index (χ2n) is 2.22. The maximum absolute atomic E-state index is 4.07. The normalized spacial score (nSPS) is 11.8. The van der Waals surface area contributed by atoms with E-state index in [1.807, 2.05) is 30.8 Å². The van der Waals surface area contributed by atoms with E-state index in [1.165, 1.54) is 0 Å². The lowest BCUT2D eigenvalue weighted by atomic mass is 10.5. The highest BCUT2D eigenvalue weighted by Gasteiger charge is 1.87. The first-order valence-electron chi connectivity index (χ1n) is 3.45. The number of allylic oxidation sites excluding steroid dienone is 1. The molecule has 0 aliphatic rings. The molecule has 1 aromatic rings. The number of rotatable bonds is 2. The molecule has 0 bridgehead atoms. The molecular weight excluding hydrogens is 138 g/mol. The summed E-state index contributed by atoms with van der Waals surface area (Å²) in [6.45, 7) is 1.93. The minimum atomic E-state index is 0.880. The topological polar surface area (TPSA) is 30.2 Å². The summed E-state index contributed by atoms with van der Waals surface area (Å²) in [7, 11) is 1.93. The van der Waals surface area contributed by atoms with Crippen LogP contribution in [-0.2, 0) is 7.05 Å². The summed E-state index contributed by atoms with van der Waals surface area (Å²) in [5.41, 5.74) is 0.880. The number of hydrogen-bond acceptors (Lipinski definition) is 2. The molecule has 0 radical (unpaired) electrons. The summed E-state index contributed by atoms with van der Waals surface area (Å²) in [6, 6.07) is 0. The summed E-state index contributed by atoms with van der Waals surface area (Å²) in [5.74, 6) is 0. The molecule has 0 aliphatic heterocycles. The maximum atomic E-state index is 4.07. The van der Waals surface area contributed by atoms with Crippen molar-refractivity contribution in [1.29, 1.82) is 0 Å². The molecule has 3 heteroatoms. The quantitative estimate of drug-likeness (QED) is 0.584. The molecular formula is C8H11N3.